The summed E-state index contributed by atoms with van der Waals surface area (Å²) < 4.78 is 0. The van der Waals surface area contributed by atoms with Crippen molar-refractivity contribution in [2.75, 3.05) is 18.6 Å². The van der Waals surface area contributed by atoms with Crippen LogP contribution in [0.3, 0.4) is 0 Å². The van der Waals surface area contributed by atoms with Crippen molar-refractivity contribution in [1.29, 1.82) is 0 Å². The molecule has 3 N–H and O–H groups in total. The standard InChI is InChI=1S/C10H20N2OS.ClH/c1-14-6-2-3-10(13)12-7-9(11)8-4-5-8;/h8-9H,2-7,11H2,1H3,(H,12,13);1H. The van der Waals surface area contributed by atoms with Crippen LogP contribution >= 0.6 is 24.2 Å². The third-order valence-corrected chi connectivity index (χ3v) is 3.21. The normalized spacial score (nSPS) is 16.7. The average Bonchev–Trinajstić information content (AvgIpc) is 2.98. The minimum atomic E-state index is 0. The summed E-state index contributed by atoms with van der Waals surface area (Å²) in [5.41, 5.74) is 5.86. The lowest BCUT2D eigenvalue weighted by molar-refractivity contribution is -0.121. The van der Waals surface area contributed by atoms with Gasteiger partial charge in [-0.05, 0) is 37.2 Å². The van der Waals surface area contributed by atoms with Gasteiger partial charge in [-0.2, -0.15) is 11.8 Å². The molecule has 5 heteroatoms. The summed E-state index contributed by atoms with van der Waals surface area (Å²) in [6.45, 7) is 0.656. The molecule has 15 heavy (non-hydrogen) atoms. The van der Waals surface area contributed by atoms with Crippen LogP contribution in [0, 0.1) is 5.92 Å². The molecule has 1 fully saturated rings. The fourth-order valence-electron chi connectivity index (χ4n) is 1.39. The largest absolute Gasteiger partial charge is 0.355 e. The molecule has 3 nitrogen and oxygen atoms in total. The van der Waals surface area contributed by atoms with E-state index in [2.05, 4.69) is 11.6 Å². The summed E-state index contributed by atoms with van der Waals surface area (Å²) in [4.78, 5) is 11.3. The molecule has 1 unspecified atom stereocenters. The van der Waals surface area contributed by atoms with Gasteiger partial charge in [0, 0.05) is 19.0 Å². The number of hydrogen-bond donors (Lipinski definition) is 2. The van der Waals surface area contributed by atoms with E-state index < -0.39 is 0 Å². The van der Waals surface area contributed by atoms with Gasteiger partial charge in [0.25, 0.3) is 0 Å². The Balaban J connectivity index is 0.00000196. The second kappa shape index (κ2) is 8.25. The number of carbonyl (C=O) groups excluding carboxylic acids is 1. The van der Waals surface area contributed by atoms with Gasteiger partial charge < -0.3 is 11.1 Å². The molecular formula is C10H21ClN2OS. The highest BCUT2D eigenvalue weighted by Crippen LogP contribution is 2.31. The first-order chi connectivity index (χ1) is 6.74. The van der Waals surface area contributed by atoms with Crippen LogP contribution < -0.4 is 11.1 Å². The van der Waals surface area contributed by atoms with Gasteiger partial charge in [-0.25, -0.2) is 0 Å². The third-order valence-electron chi connectivity index (χ3n) is 2.51. The molecule has 0 bridgehead atoms. The number of carbonyl (C=O) groups is 1. The quantitative estimate of drug-likeness (QED) is 0.674. The van der Waals surface area contributed by atoms with Gasteiger partial charge in [0.15, 0.2) is 0 Å². The lowest BCUT2D eigenvalue weighted by Gasteiger charge is -2.11. The molecular weight excluding hydrogens is 232 g/mol. The van der Waals surface area contributed by atoms with E-state index in [1.807, 2.05) is 0 Å². The molecule has 1 rings (SSSR count). The number of hydrogen-bond acceptors (Lipinski definition) is 3. The molecule has 0 saturated heterocycles. The predicted molar refractivity (Wildman–Crippen MR) is 68.6 cm³/mol. The van der Waals surface area contributed by atoms with E-state index in [-0.39, 0.29) is 24.4 Å². The molecule has 0 aromatic carbocycles. The maximum absolute atomic E-state index is 11.3. The molecule has 1 aliphatic carbocycles. The lowest BCUT2D eigenvalue weighted by atomic mass is 10.2. The van der Waals surface area contributed by atoms with Crippen LogP contribution in [-0.4, -0.2) is 30.5 Å². The number of nitrogens with two attached hydrogens (primary N) is 1. The molecule has 1 amide bonds. The Labute approximate surface area is 102 Å². The first-order valence-electron chi connectivity index (χ1n) is 5.25. The number of thioether (sulfide) groups is 1. The van der Waals surface area contributed by atoms with E-state index in [1.165, 1.54) is 12.8 Å². The van der Waals surface area contributed by atoms with Gasteiger partial charge in [-0.15, -0.1) is 12.4 Å². The van der Waals surface area contributed by atoms with Gasteiger partial charge in [-0.3, -0.25) is 4.79 Å². The fourth-order valence-corrected chi connectivity index (χ4v) is 1.82. The van der Waals surface area contributed by atoms with Gasteiger partial charge in [0.1, 0.15) is 0 Å². The molecule has 0 heterocycles. The van der Waals surface area contributed by atoms with Crippen molar-refractivity contribution in [3.05, 3.63) is 0 Å². The van der Waals surface area contributed by atoms with Gasteiger partial charge in [0.05, 0.1) is 0 Å². The van der Waals surface area contributed by atoms with Crippen LogP contribution in [-0.2, 0) is 4.79 Å². The van der Waals surface area contributed by atoms with Crippen molar-refractivity contribution in [3.63, 3.8) is 0 Å². The summed E-state index contributed by atoms with van der Waals surface area (Å²) in [6.07, 6.45) is 6.14. The first-order valence-corrected chi connectivity index (χ1v) is 6.64. The van der Waals surface area contributed by atoms with Crippen molar-refractivity contribution in [2.24, 2.45) is 11.7 Å². The second-order valence-electron chi connectivity index (χ2n) is 3.90. The Morgan fingerprint density at radius 2 is 2.27 bits per heavy atom. The Kier molecular flexibility index (Phi) is 8.29. The minimum Gasteiger partial charge on any atom is -0.355 e. The molecule has 1 aliphatic rings. The summed E-state index contributed by atoms with van der Waals surface area (Å²) in [6, 6.07) is 0.180. The Morgan fingerprint density at radius 1 is 1.60 bits per heavy atom. The van der Waals surface area contributed by atoms with Crippen LogP contribution in [0.2, 0.25) is 0 Å². The van der Waals surface area contributed by atoms with E-state index in [0.717, 1.165) is 12.2 Å². The summed E-state index contributed by atoms with van der Waals surface area (Å²) in [5, 5.41) is 2.89. The van der Waals surface area contributed by atoms with Crippen molar-refractivity contribution in [1.82, 2.24) is 5.32 Å². The molecule has 1 atom stereocenters. The molecule has 0 aliphatic heterocycles. The topological polar surface area (TPSA) is 55.1 Å². The molecule has 1 saturated carbocycles. The van der Waals surface area contributed by atoms with Crippen LogP contribution in [0.4, 0.5) is 0 Å². The summed E-state index contributed by atoms with van der Waals surface area (Å²) in [7, 11) is 0. The summed E-state index contributed by atoms with van der Waals surface area (Å²) in [5.74, 6) is 1.87. The Hall–Kier alpha value is 0.0700. The van der Waals surface area contributed by atoms with Crippen molar-refractivity contribution < 1.29 is 4.79 Å². The third kappa shape index (κ3) is 7.03. The predicted octanol–water partition coefficient (Wildman–Crippen LogP) is 1.40. The van der Waals surface area contributed by atoms with Crippen LogP contribution in [0.5, 0.6) is 0 Å². The number of rotatable bonds is 7. The van der Waals surface area contributed by atoms with Crippen LogP contribution in [0.15, 0.2) is 0 Å². The lowest BCUT2D eigenvalue weighted by Crippen LogP contribution is -2.38. The molecule has 90 valence electrons. The van der Waals surface area contributed by atoms with Crippen LogP contribution in [0.1, 0.15) is 25.7 Å². The van der Waals surface area contributed by atoms with Crippen molar-refractivity contribution in [3.8, 4) is 0 Å². The molecule has 0 radical (unpaired) electrons. The van der Waals surface area contributed by atoms with Gasteiger partial charge in [0.2, 0.25) is 5.91 Å². The van der Waals surface area contributed by atoms with Crippen LogP contribution in [0.25, 0.3) is 0 Å². The monoisotopic (exact) mass is 252 g/mol. The van der Waals surface area contributed by atoms with Gasteiger partial charge >= 0.3 is 0 Å². The molecule has 0 aromatic heterocycles. The first kappa shape index (κ1) is 15.1. The van der Waals surface area contributed by atoms with E-state index in [4.69, 9.17) is 5.73 Å². The second-order valence-corrected chi connectivity index (χ2v) is 4.89. The minimum absolute atomic E-state index is 0. The highest BCUT2D eigenvalue weighted by Gasteiger charge is 2.28. The van der Waals surface area contributed by atoms with Crippen molar-refractivity contribution >= 4 is 30.1 Å². The highest BCUT2D eigenvalue weighted by atomic mass is 35.5. The van der Waals surface area contributed by atoms with E-state index in [1.54, 1.807) is 11.8 Å². The highest BCUT2D eigenvalue weighted by molar-refractivity contribution is 7.98. The maximum atomic E-state index is 11.3. The zero-order valence-corrected chi connectivity index (χ0v) is 10.8. The van der Waals surface area contributed by atoms with E-state index in [9.17, 15) is 4.79 Å². The van der Waals surface area contributed by atoms with Crippen molar-refractivity contribution in [2.45, 2.75) is 31.7 Å². The number of halogens is 1. The Bertz CT molecular complexity index is 188. The number of nitrogens with one attached hydrogen (secondary N) is 1. The van der Waals surface area contributed by atoms with E-state index in [0.29, 0.717) is 18.9 Å². The zero-order chi connectivity index (χ0) is 10.4. The zero-order valence-electron chi connectivity index (χ0n) is 9.20. The number of amides is 1. The summed E-state index contributed by atoms with van der Waals surface area (Å²) >= 11 is 1.78. The van der Waals surface area contributed by atoms with Gasteiger partial charge in [-0.1, -0.05) is 0 Å². The molecule has 0 spiro atoms. The maximum Gasteiger partial charge on any atom is 0.220 e. The SMILES string of the molecule is CSCCCC(=O)NCC(N)C1CC1.Cl. The smallest absolute Gasteiger partial charge is 0.220 e. The fraction of sp³-hybridized carbons (Fsp3) is 0.900. The average molecular weight is 253 g/mol. The Morgan fingerprint density at radius 3 is 2.80 bits per heavy atom. The molecule has 0 aromatic rings. The van der Waals surface area contributed by atoms with E-state index >= 15 is 0 Å².